The molecular weight excluding hydrogens is 312 g/mol. The number of halogens is 1. The molecule has 5 heteroatoms. The minimum atomic E-state index is 0. The van der Waals surface area contributed by atoms with Gasteiger partial charge in [0.25, 0.3) is 0 Å². The van der Waals surface area contributed by atoms with Crippen molar-refractivity contribution in [2.45, 2.75) is 25.3 Å². The van der Waals surface area contributed by atoms with Gasteiger partial charge in [0.1, 0.15) is 5.75 Å². The Morgan fingerprint density at radius 1 is 1.22 bits per heavy atom. The molecule has 0 radical (unpaired) electrons. The summed E-state index contributed by atoms with van der Waals surface area (Å²) in [6.07, 6.45) is 2.17. The van der Waals surface area contributed by atoms with E-state index in [1.807, 2.05) is 29.2 Å². The summed E-state index contributed by atoms with van der Waals surface area (Å²) in [5.74, 6) is 1.07. The molecule has 2 aromatic carbocycles. The molecule has 124 valence electrons. The topological polar surface area (TPSA) is 55.6 Å². The number of carbonyl (C=O) groups excluding carboxylic acids is 1. The van der Waals surface area contributed by atoms with Gasteiger partial charge in [-0.1, -0.05) is 36.4 Å². The summed E-state index contributed by atoms with van der Waals surface area (Å²) < 4.78 is 5.86. The zero-order valence-electron chi connectivity index (χ0n) is 13.1. The monoisotopic (exact) mass is 334 g/mol. The van der Waals surface area contributed by atoms with Crippen LogP contribution in [0.2, 0.25) is 0 Å². The molecule has 0 bridgehead atoms. The van der Waals surface area contributed by atoms with Gasteiger partial charge in [-0.2, -0.15) is 0 Å². The number of nitrogens with two attached hydrogens (primary N) is 1. The molecule has 1 amide bonds. The standard InChI is InChI=1S/C18H22N2O2.ClH/c19-15-10-11-20(13-15)18(21)9-4-12-22-17-8-3-6-14-5-1-2-7-16(14)17;/h1-3,5-8,15H,4,9-13,19H2;1H/t15-;/m1./s1. The number of fused-ring (bicyclic) bond motifs is 1. The van der Waals surface area contributed by atoms with Crippen LogP contribution in [0.5, 0.6) is 5.75 Å². The third kappa shape index (κ3) is 4.36. The summed E-state index contributed by atoms with van der Waals surface area (Å²) in [6.45, 7) is 2.05. The third-order valence-electron chi connectivity index (χ3n) is 4.12. The average Bonchev–Trinajstić information content (AvgIpc) is 2.98. The second kappa shape index (κ2) is 8.18. The first-order chi connectivity index (χ1) is 10.7. The maximum absolute atomic E-state index is 12.0. The molecular formula is C18H23ClN2O2. The first-order valence-electron chi connectivity index (χ1n) is 7.88. The van der Waals surface area contributed by atoms with Gasteiger partial charge in [0.05, 0.1) is 6.61 Å². The van der Waals surface area contributed by atoms with E-state index in [9.17, 15) is 4.79 Å². The van der Waals surface area contributed by atoms with Crippen molar-refractivity contribution in [3.05, 3.63) is 42.5 Å². The molecule has 1 fully saturated rings. The number of hydrogen-bond acceptors (Lipinski definition) is 3. The Morgan fingerprint density at radius 3 is 2.78 bits per heavy atom. The van der Waals surface area contributed by atoms with Crippen LogP contribution in [-0.4, -0.2) is 36.5 Å². The van der Waals surface area contributed by atoms with Crippen molar-refractivity contribution in [3.8, 4) is 5.75 Å². The van der Waals surface area contributed by atoms with Crippen molar-refractivity contribution >= 4 is 29.1 Å². The second-order valence-electron chi connectivity index (χ2n) is 5.82. The zero-order chi connectivity index (χ0) is 15.4. The predicted molar refractivity (Wildman–Crippen MR) is 95.1 cm³/mol. The lowest BCUT2D eigenvalue weighted by Gasteiger charge is -2.15. The fourth-order valence-electron chi connectivity index (χ4n) is 2.90. The summed E-state index contributed by atoms with van der Waals surface area (Å²) in [4.78, 5) is 13.9. The Kier molecular flexibility index (Phi) is 6.25. The largest absolute Gasteiger partial charge is 0.493 e. The second-order valence-corrected chi connectivity index (χ2v) is 5.82. The molecule has 0 aliphatic carbocycles. The molecule has 0 unspecified atom stereocenters. The van der Waals surface area contributed by atoms with Crippen molar-refractivity contribution in [1.29, 1.82) is 0 Å². The van der Waals surface area contributed by atoms with Gasteiger partial charge in [-0.3, -0.25) is 4.79 Å². The first kappa shape index (κ1) is 17.6. The lowest BCUT2D eigenvalue weighted by Crippen LogP contribution is -2.31. The predicted octanol–water partition coefficient (Wildman–Crippen LogP) is 2.98. The fraction of sp³-hybridized carbons (Fsp3) is 0.389. The number of hydrogen-bond donors (Lipinski definition) is 1. The minimum absolute atomic E-state index is 0. The number of likely N-dealkylation sites (tertiary alicyclic amines) is 1. The molecule has 1 atom stereocenters. The highest BCUT2D eigenvalue weighted by molar-refractivity contribution is 5.88. The van der Waals surface area contributed by atoms with Crippen molar-refractivity contribution in [3.63, 3.8) is 0 Å². The van der Waals surface area contributed by atoms with Gasteiger partial charge in [-0.15, -0.1) is 12.4 Å². The van der Waals surface area contributed by atoms with Gasteiger partial charge in [0.15, 0.2) is 0 Å². The summed E-state index contributed by atoms with van der Waals surface area (Å²) in [7, 11) is 0. The van der Waals surface area contributed by atoms with Gasteiger partial charge in [-0.05, 0) is 24.3 Å². The highest BCUT2D eigenvalue weighted by Crippen LogP contribution is 2.25. The summed E-state index contributed by atoms with van der Waals surface area (Å²) in [5, 5.41) is 2.28. The van der Waals surface area contributed by atoms with Gasteiger partial charge >= 0.3 is 0 Å². The fourth-order valence-corrected chi connectivity index (χ4v) is 2.90. The van der Waals surface area contributed by atoms with E-state index >= 15 is 0 Å². The maximum atomic E-state index is 12.0. The van der Waals surface area contributed by atoms with Crippen LogP contribution in [0.3, 0.4) is 0 Å². The van der Waals surface area contributed by atoms with Crippen LogP contribution in [0.15, 0.2) is 42.5 Å². The molecule has 1 heterocycles. The van der Waals surface area contributed by atoms with Crippen molar-refractivity contribution in [2.75, 3.05) is 19.7 Å². The van der Waals surface area contributed by atoms with Gasteiger partial charge in [0.2, 0.25) is 5.91 Å². The highest BCUT2D eigenvalue weighted by atomic mass is 35.5. The number of ether oxygens (including phenoxy) is 1. The van der Waals surface area contributed by atoms with E-state index in [1.54, 1.807) is 0 Å². The van der Waals surface area contributed by atoms with E-state index in [0.29, 0.717) is 19.6 Å². The Hall–Kier alpha value is -1.78. The van der Waals surface area contributed by atoms with E-state index in [2.05, 4.69) is 18.2 Å². The Morgan fingerprint density at radius 2 is 2.00 bits per heavy atom. The Bertz CT molecular complexity index is 657. The lowest BCUT2D eigenvalue weighted by atomic mass is 10.1. The summed E-state index contributed by atoms with van der Waals surface area (Å²) in [5.41, 5.74) is 5.83. The maximum Gasteiger partial charge on any atom is 0.222 e. The van der Waals surface area contributed by atoms with Crippen molar-refractivity contribution < 1.29 is 9.53 Å². The van der Waals surface area contributed by atoms with E-state index in [-0.39, 0.29) is 24.4 Å². The molecule has 0 spiro atoms. The van der Waals surface area contributed by atoms with Crippen LogP contribution < -0.4 is 10.5 Å². The number of amides is 1. The van der Waals surface area contributed by atoms with Crippen LogP contribution in [0, 0.1) is 0 Å². The smallest absolute Gasteiger partial charge is 0.222 e. The van der Waals surface area contributed by atoms with E-state index in [0.717, 1.165) is 30.5 Å². The van der Waals surface area contributed by atoms with Crippen LogP contribution in [-0.2, 0) is 4.79 Å². The highest BCUT2D eigenvalue weighted by Gasteiger charge is 2.22. The summed E-state index contributed by atoms with van der Waals surface area (Å²) >= 11 is 0. The van der Waals surface area contributed by atoms with E-state index in [1.165, 1.54) is 5.39 Å². The molecule has 1 aliphatic heterocycles. The molecule has 0 saturated carbocycles. The van der Waals surface area contributed by atoms with Crippen molar-refractivity contribution in [2.24, 2.45) is 5.73 Å². The SMILES string of the molecule is Cl.N[C@@H]1CCN(C(=O)CCCOc2cccc3ccccc23)C1. The Labute approximate surface area is 143 Å². The number of rotatable bonds is 5. The van der Waals surface area contributed by atoms with Crippen molar-refractivity contribution in [1.82, 2.24) is 4.90 Å². The lowest BCUT2D eigenvalue weighted by molar-refractivity contribution is -0.130. The molecule has 23 heavy (non-hydrogen) atoms. The molecule has 1 aliphatic rings. The number of benzene rings is 2. The molecule has 2 N–H and O–H groups in total. The van der Waals surface area contributed by atoms with Gasteiger partial charge in [-0.25, -0.2) is 0 Å². The molecule has 0 aromatic heterocycles. The van der Waals surface area contributed by atoms with Gasteiger partial charge < -0.3 is 15.4 Å². The summed E-state index contributed by atoms with van der Waals surface area (Å²) in [6, 6.07) is 14.3. The molecule has 1 saturated heterocycles. The van der Waals surface area contributed by atoms with Crippen LogP contribution in [0.4, 0.5) is 0 Å². The first-order valence-corrected chi connectivity index (χ1v) is 7.88. The van der Waals surface area contributed by atoms with E-state index in [4.69, 9.17) is 10.5 Å². The third-order valence-corrected chi connectivity index (χ3v) is 4.12. The minimum Gasteiger partial charge on any atom is -0.493 e. The van der Waals surface area contributed by atoms with Crippen LogP contribution in [0.1, 0.15) is 19.3 Å². The average molecular weight is 335 g/mol. The van der Waals surface area contributed by atoms with Crippen LogP contribution in [0.25, 0.3) is 10.8 Å². The van der Waals surface area contributed by atoms with Gasteiger partial charge in [0, 0.05) is 30.9 Å². The Balaban J connectivity index is 0.00000192. The number of carbonyl (C=O) groups is 1. The van der Waals surface area contributed by atoms with E-state index < -0.39 is 0 Å². The number of nitrogens with zero attached hydrogens (tertiary/aromatic N) is 1. The molecule has 2 aromatic rings. The zero-order valence-corrected chi connectivity index (χ0v) is 13.9. The quantitative estimate of drug-likeness (QED) is 0.855. The molecule has 3 rings (SSSR count). The van der Waals surface area contributed by atoms with Crippen LogP contribution >= 0.6 is 12.4 Å². The molecule has 4 nitrogen and oxygen atoms in total. The normalized spacial score (nSPS) is 17.1.